The first kappa shape index (κ1) is 16.2. The van der Waals surface area contributed by atoms with Gasteiger partial charge in [-0.3, -0.25) is 9.78 Å². The van der Waals surface area contributed by atoms with E-state index in [4.69, 9.17) is 0 Å². The maximum Gasteiger partial charge on any atom is 0.326 e. The lowest BCUT2D eigenvalue weighted by molar-refractivity contribution is -0.140. The predicted molar refractivity (Wildman–Crippen MR) is 90.5 cm³/mol. The van der Waals surface area contributed by atoms with Gasteiger partial charge in [0.15, 0.2) is 0 Å². The van der Waals surface area contributed by atoms with Crippen LogP contribution in [0.2, 0.25) is 0 Å². The number of nitrogens with zero attached hydrogens (tertiary/aromatic N) is 1. The van der Waals surface area contributed by atoms with Gasteiger partial charge in [0, 0.05) is 18.0 Å². The van der Waals surface area contributed by atoms with Gasteiger partial charge in [-0.1, -0.05) is 25.0 Å². The van der Waals surface area contributed by atoms with Gasteiger partial charge in [0.1, 0.15) is 6.04 Å². The third kappa shape index (κ3) is 3.62. The van der Waals surface area contributed by atoms with Gasteiger partial charge in [-0.25, -0.2) is 4.79 Å². The van der Waals surface area contributed by atoms with Crippen molar-refractivity contribution in [2.45, 2.75) is 31.7 Å². The topological polar surface area (TPSA) is 79.3 Å². The average Bonchev–Trinajstić information content (AvgIpc) is 3.14. The van der Waals surface area contributed by atoms with Crippen molar-refractivity contribution in [3.63, 3.8) is 0 Å². The highest BCUT2D eigenvalue weighted by Crippen LogP contribution is 2.28. The first-order valence-corrected chi connectivity index (χ1v) is 8.19. The minimum absolute atomic E-state index is 0.0301. The van der Waals surface area contributed by atoms with Crippen LogP contribution >= 0.6 is 0 Å². The highest BCUT2D eigenvalue weighted by molar-refractivity contribution is 5.97. The number of aliphatic carboxylic acids is 1. The fraction of sp³-hybridized carbons (Fsp3) is 0.316. The lowest BCUT2D eigenvalue weighted by atomic mass is 9.97. The molecule has 124 valence electrons. The second-order valence-electron chi connectivity index (χ2n) is 6.15. The van der Waals surface area contributed by atoms with Gasteiger partial charge < -0.3 is 10.4 Å². The van der Waals surface area contributed by atoms with Crippen LogP contribution in [-0.4, -0.2) is 28.0 Å². The molecular formula is C19H20N2O3. The molecule has 2 N–H and O–H groups in total. The molecule has 1 aromatic carbocycles. The van der Waals surface area contributed by atoms with E-state index in [2.05, 4.69) is 10.3 Å². The number of hydrogen-bond acceptors (Lipinski definition) is 3. The molecule has 1 aromatic heterocycles. The molecule has 1 aliphatic carbocycles. The van der Waals surface area contributed by atoms with E-state index in [1.54, 1.807) is 24.5 Å². The van der Waals surface area contributed by atoms with E-state index in [1.807, 2.05) is 24.3 Å². The van der Waals surface area contributed by atoms with E-state index in [1.165, 1.54) is 0 Å². The molecular weight excluding hydrogens is 304 g/mol. The van der Waals surface area contributed by atoms with Gasteiger partial charge in [-0.2, -0.15) is 0 Å². The number of pyridine rings is 1. The fourth-order valence-corrected chi connectivity index (χ4v) is 3.25. The molecule has 1 aliphatic rings. The number of aromatic nitrogens is 1. The predicted octanol–water partition coefficient (Wildman–Crippen LogP) is 3.12. The van der Waals surface area contributed by atoms with Crippen LogP contribution in [0.15, 0.2) is 48.8 Å². The number of nitrogens with one attached hydrogen (secondary N) is 1. The Morgan fingerprint density at radius 1 is 1.00 bits per heavy atom. The van der Waals surface area contributed by atoms with Gasteiger partial charge in [0.2, 0.25) is 0 Å². The molecule has 0 radical (unpaired) electrons. The SMILES string of the molecule is O=C(N[C@@H](C(=O)O)C1CCCC1)c1ccc(-c2ccncc2)cc1. The van der Waals surface area contributed by atoms with Crippen LogP contribution in [0.5, 0.6) is 0 Å². The van der Waals surface area contributed by atoms with Gasteiger partial charge in [0.05, 0.1) is 0 Å². The van der Waals surface area contributed by atoms with Crippen LogP contribution < -0.4 is 5.32 Å². The second-order valence-corrected chi connectivity index (χ2v) is 6.15. The van der Waals surface area contributed by atoms with E-state index >= 15 is 0 Å². The van der Waals surface area contributed by atoms with Crippen molar-refractivity contribution in [2.75, 3.05) is 0 Å². The summed E-state index contributed by atoms with van der Waals surface area (Å²) < 4.78 is 0. The monoisotopic (exact) mass is 324 g/mol. The molecule has 0 saturated heterocycles. The summed E-state index contributed by atoms with van der Waals surface area (Å²) >= 11 is 0. The molecule has 1 fully saturated rings. The number of rotatable bonds is 5. The van der Waals surface area contributed by atoms with Crippen LogP contribution in [0.25, 0.3) is 11.1 Å². The summed E-state index contributed by atoms with van der Waals surface area (Å²) in [5.74, 6) is -1.26. The van der Waals surface area contributed by atoms with E-state index in [0.717, 1.165) is 36.8 Å². The Balaban J connectivity index is 1.71. The maximum absolute atomic E-state index is 12.4. The fourth-order valence-electron chi connectivity index (χ4n) is 3.25. The Bertz CT molecular complexity index is 707. The first-order chi connectivity index (χ1) is 11.6. The molecule has 1 amide bonds. The summed E-state index contributed by atoms with van der Waals surface area (Å²) in [6.07, 6.45) is 7.22. The van der Waals surface area contributed by atoms with Gasteiger partial charge in [-0.15, -0.1) is 0 Å². The number of hydrogen-bond donors (Lipinski definition) is 2. The zero-order valence-corrected chi connectivity index (χ0v) is 13.3. The Kier molecular flexibility index (Phi) is 4.89. The molecule has 24 heavy (non-hydrogen) atoms. The molecule has 5 nitrogen and oxygen atoms in total. The lowest BCUT2D eigenvalue weighted by Crippen LogP contribution is -2.45. The van der Waals surface area contributed by atoms with Crippen LogP contribution in [-0.2, 0) is 4.79 Å². The quantitative estimate of drug-likeness (QED) is 0.885. The molecule has 0 bridgehead atoms. The van der Waals surface area contributed by atoms with Crippen molar-refractivity contribution >= 4 is 11.9 Å². The van der Waals surface area contributed by atoms with Gasteiger partial charge in [0.25, 0.3) is 5.91 Å². The minimum atomic E-state index is -0.955. The molecule has 5 heteroatoms. The third-order valence-corrected chi connectivity index (χ3v) is 4.58. The Hall–Kier alpha value is -2.69. The van der Waals surface area contributed by atoms with Gasteiger partial charge in [-0.05, 0) is 54.2 Å². The summed E-state index contributed by atoms with van der Waals surface area (Å²) in [5.41, 5.74) is 2.47. The molecule has 1 atom stereocenters. The highest BCUT2D eigenvalue weighted by atomic mass is 16.4. The van der Waals surface area contributed by atoms with Crippen LogP contribution in [0.1, 0.15) is 36.0 Å². The molecule has 2 aromatic rings. The number of carboxylic acid groups (broad SMARTS) is 1. The summed E-state index contributed by atoms with van der Waals surface area (Å²) in [5, 5.41) is 12.1. The summed E-state index contributed by atoms with van der Waals surface area (Å²) in [6, 6.07) is 10.1. The number of carbonyl (C=O) groups excluding carboxylic acids is 1. The van der Waals surface area contributed by atoms with Crippen molar-refractivity contribution in [3.05, 3.63) is 54.4 Å². The van der Waals surface area contributed by atoms with E-state index in [-0.39, 0.29) is 11.8 Å². The molecule has 1 saturated carbocycles. The average molecular weight is 324 g/mol. The molecule has 1 heterocycles. The standard InChI is InChI=1S/C19H20N2O3/c22-18(21-17(19(23)24)15-3-1-2-4-15)16-7-5-13(6-8-16)14-9-11-20-12-10-14/h5-12,15,17H,1-4H2,(H,21,22)(H,23,24)/t17-/m1/s1. The maximum atomic E-state index is 12.4. The first-order valence-electron chi connectivity index (χ1n) is 8.19. The summed E-state index contributed by atoms with van der Waals surface area (Å²) in [4.78, 5) is 27.8. The van der Waals surface area contributed by atoms with Gasteiger partial charge >= 0.3 is 5.97 Å². The van der Waals surface area contributed by atoms with Crippen LogP contribution in [0.4, 0.5) is 0 Å². The molecule has 0 unspecified atom stereocenters. The smallest absolute Gasteiger partial charge is 0.326 e. The van der Waals surface area contributed by atoms with Crippen molar-refractivity contribution in [1.82, 2.24) is 10.3 Å². The number of amides is 1. The van der Waals surface area contributed by atoms with Crippen molar-refractivity contribution in [3.8, 4) is 11.1 Å². The van der Waals surface area contributed by atoms with E-state index in [0.29, 0.717) is 5.56 Å². The summed E-state index contributed by atoms with van der Waals surface area (Å²) in [7, 11) is 0. The second kappa shape index (κ2) is 7.25. The molecule has 0 spiro atoms. The third-order valence-electron chi connectivity index (χ3n) is 4.58. The zero-order chi connectivity index (χ0) is 16.9. The number of benzene rings is 1. The Morgan fingerprint density at radius 2 is 1.58 bits per heavy atom. The number of carboxylic acids is 1. The van der Waals surface area contributed by atoms with E-state index < -0.39 is 12.0 Å². The highest BCUT2D eigenvalue weighted by Gasteiger charge is 2.31. The molecule has 3 rings (SSSR count). The zero-order valence-electron chi connectivity index (χ0n) is 13.3. The summed E-state index contributed by atoms with van der Waals surface area (Å²) in [6.45, 7) is 0. The van der Waals surface area contributed by atoms with Crippen LogP contribution in [0, 0.1) is 5.92 Å². The normalized spacial score (nSPS) is 15.8. The Labute approximate surface area is 140 Å². The van der Waals surface area contributed by atoms with Crippen molar-refractivity contribution in [1.29, 1.82) is 0 Å². The Morgan fingerprint density at radius 3 is 2.17 bits per heavy atom. The van der Waals surface area contributed by atoms with Crippen molar-refractivity contribution in [2.24, 2.45) is 5.92 Å². The van der Waals surface area contributed by atoms with Crippen LogP contribution in [0.3, 0.4) is 0 Å². The number of carbonyl (C=O) groups is 2. The largest absolute Gasteiger partial charge is 0.480 e. The van der Waals surface area contributed by atoms with E-state index in [9.17, 15) is 14.7 Å². The minimum Gasteiger partial charge on any atom is -0.480 e. The molecule has 0 aliphatic heterocycles. The lowest BCUT2D eigenvalue weighted by Gasteiger charge is -2.20. The van der Waals surface area contributed by atoms with Crippen molar-refractivity contribution < 1.29 is 14.7 Å².